The molecule has 1 atom stereocenters. The van der Waals surface area contributed by atoms with Gasteiger partial charge in [0.25, 0.3) is 0 Å². The number of rotatable bonds is 5. The van der Waals surface area contributed by atoms with E-state index in [1.807, 2.05) is 12.1 Å². The van der Waals surface area contributed by atoms with Crippen molar-refractivity contribution in [3.63, 3.8) is 0 Å². The van der Waals surface area contributed by atoms with Crippen LogP contribution in [0.2, 0.25) is 5.02 Å². The van der Waals surface area contributed by atoms with E-state index in [-0.39, 0.29) is 0 Å². The molecule has 0 aromatic heterocycles. The average molecular weight is 288 g/mol. The van der Waals surface area contributed by atoms with Gasteiger partial charge in [-0.3, -0.25) is 0 Å². The van der Waals surface area contributed by atoms with E-state index in [9.17, 15) is 0 Å². The van der Waals surface area contributed by atoms with Gasteiger partial charge in [0, 0.05) is 5.02 Å². The highest BCUT2D eigenvalue weighted by Gasteiger charge is 2.11. The van der Waals surface area contributed by atoms with Crippen molar-refractivity contribution in [3.8, 4) is 0 Å². The van der Waals surface area contributed by atoms with Crippen molar-refractivity contribution in [3.05, 3.63) is 69.7 Å². The van der Waals surface area contributed by atoms with Crippen LogP contribution in [-0.4, -0.2) is 6.54 Å². The molecule has 0 bridgehead atoms. The second kappa shape index (κ2) is 6.92. The van der Waals surface area contributed by atoms with E-state index < -0.39 is 0 Å². The minimum absolute atomic E-state index is 0.469. The number of benzene rings is 2. The van der Waals surface area contributed by atoms with Crippen molar-refractivity contribution >= 4 is 11.6 Å². The summed E-state index contributed by atoms with van der Waals surface area (Å²) < 4.78 is 0. The minimum Gasteiger partial charge on any atom is -0.330 e. The van der Waals surface area contributed by atoms with Crippen LogP contribution in [0.4, 0.5) is 0 Å². The second-order valence-electron chi connectivity index (χ2n) is 5.57. The summed E-state index contributed by atoms with van der Waals surface area (Å²) in [5.41, 5.74) is 11.3. The first-order valence-corrected chi connectivity index (χ1v) is 7.47. The fraction of sp³-hybridized carbons (Fsp3) is 0.333. The first-order chi connectivity index (χ1) is 9.58. The highest BCUT2D eigenvalue weighted by Crippen LogP contribution is 2.19. The molecule has 1 nitrogen and oxygen atoms in total. The van der Waals surface area contributed by atoms with Gasteiger partial charge in [0.1, 0.15) is 0 Å². The first kappa shape index (κ1) is 15.1. The Bertz CT molecular complexity index is 560. The molecular formula is C18H22ClN. The Kier molecular flexibility index (Phi) is 5.22. The van der Waals surface area contributed by atoms with Crippen LogP contribution in [0.15, 0.2) is 42.5 Å². The van der Waals surface area contributed by atoms with E-state index in [1.54, 1.807) is 0 Å². The molecule has 2 aromatic rings. The third kappa shape index (κ3) is 4.09. The quantitative estimate of drug-likeness (QED) is 0.871. The summed E-state index contributed by atoms with van der Waals surface area (Å²) >= 11 is 5.93. The maximum Gasteiger partial charge on any atom is 0.0406 e. The smallest absolute Gasteiger partial charge is 0.0406 e. The van der Waals surface area contributed by atoms with Gasteiger partial charge in [0.2, 0.25) is 0 Å². The zero-order valence-corrected chi connectivity index (χ0v) is 13.0. The van der Waals surface area contributed by atoms with Crippen molar-refractivity contribution in [2.45, 2.75) is 26.7 Å². The summed E-state index contributed by atoms with van der Waals surface area (Å²) in [6, 6.07) is 14.7. The predicted molar refractivity (Wildman–Crippen MR) is 87.3 cm³/mol. The molecule has 0 aliphatic carbocycles. The molecule has 106 valence electrons. The summed E-state index contributed by atoms with van der Waals surface area (Å²) in [5.74, 6) is 0.469. The Morgan fingerprint density at radius 2 is 1.70 bits per heavy atom. The second-order valence-corrected chi connectivity index (χ2v) is 6.00. The Hall–Kier alpha value is -1.31. The van der Waals surface area contributed by atoms with Crippen molar-refractivity contribution in [2.75, 3.05) is 6.54 Å². The molecule has 0 radical (unpaired) electrons. The summed E-state index contributed by atoms with van der Waals surface area (Å²) in [6.07, 6.45) is 2.04. The molecule has 2 aromatic carbocycles. The van der Waals surface area contributed by atoms with E-state index in [0.29, 0.717) is 12.5 Å². The molecule has 2 rings (SSSR count). The van der Waals surface area contributed by atoms with Gasteiger partial charge < -0.3 is 5.73 Å². The number of hydrogen-bond acceptors (Lipinski definition) is 1. The van der Waals surface area contributed by atoms with Crippen LogP contribution in [0.5, 0.6) is 0 Å². The molecule has 20 heavy (non-hydrogen) atoms. The maximum absolute atomic E-state index is 5.96. The van der Waals surface area contributed by atoms with Gasteiger partial charge in [-0.05, 0) is 68.0 Å². The van der Waals surface area contributed by atoms with Gasteiger partial charge in [-0.1, -0.05) is 47.5 Å². The van der Waals surface area contributed by atoms with Crippen molar-refractivity contribution < 1.29 is 0 Å². The molecule has 1 unspecified atom stereocenters. The fourth-order valence-electron chi connectivity index (χ4n) is 2.52. The molecular weight excluding hydrogens is 266 g/mol. The van der Waals surface area contributed by atoms with E-state index in [4.69, 9.17) is 17.3 Å². The zero-order chi connectivity index (χ0) is 14.5. The summed E-state index contributed by atoms with van der Waals surface area (Å²) in [4.78, 5) is 0. The molecule has 0 aliphatic rings. The molecule has 2 heteroatoms. The van der Waals surface area contributed by atoms with Gasteiger partial charge in [-0.2, -0.15) is 0 Å². The van der Waals surface area contributed by atoms with Gasteiger partial charge in [-0.15, -0.1) is 0 Å². The normalized spacial score (nSPS) is 12.4. The largest absolute Gasteiger partial charge is 0.330 e. The molecule has 2 N–H and O–H groups in total. The Balaban J connectivity index is 2.08. The number of aryl methyl sites for hydroxylation is 2. The molecule has 0 aliphatic heterocycles. The fourth-order valence-corrected chi connectivity index (χ4v) is 2.65. The Labute approximate surface area is 126 Å². The molecule has 0 saturated heterocycles. The third-order valence-corrected chi connectivity index (χ3v) is 4.04. The summed E-state index contributed by atoms with van der Waals surface area (Å²) in [6.45, 7) is 5.01. The summed E-state index contributed by atoms with van der Waals surface area (Å²) in [5, 5.41) is 0.785. The van der Waals surface area contributed by atoms with Crippen LogP contribution in [0.25, 0.3) is 0 Å². The van der Waals surface area contributed by atoms with Gasteiger partial charge >= 0.3 is 0 Å². The number of halogens is 1. The topological polar surface area (TPSA) is 26.0 Å². The van der Waals surface area contributed by atoms with Crippen LogP contribution >= 0.6 is 11.6 Å². The van der Waals surface area contributed by atoms with Crippen LogP contribution in [0.1, 0.15) is 22.3 Å². The van der Waals surface area contributed by atoms with Crippen molar-refractivity contribution in [2.24, 2.45) is 11.7 Å². The Morgan fingerprint density at radius 3 is 2.35 bits per heavy atom. The zero-order valence-electron chi connectivity index (χ0n) is 12.2. The SMILES string of the molecule is Cc1ccc(C)c(CC(CN)Cc2ccc(Cl)cc2)c1. The monoisotopic (exact) mass is 287 g/mol. The molecule has 0 fully saturated rings. The maximum atomic E-state index is 5.96. The lowest BCUT2D eigenvalue weighted by Crippen LogP contribution is -2.19. The number of nitrogens with two attached hydrogens (primary N) is 1. The third-order valence-electron chi connectivity index (χ3n) is 3.78. The van der Waals surface area contributed by atoms with Crippen LogP contribution in [0.3, 0.4) is 0 Å². The lowest BCUT2D eigenvalue weighted by Gasteiger charge is -2.17. The number of hydrogen-bond donors (Lipinski definition) is 1. The standard InChI is InChI=1S/C18H22ClN/c1-13-3-4-14(2)17(9-13)11-16(12-20)10-15-5-7-18(19)8-6-15/h3-9,16H,10-12,20H2,1-2H3. The van der Waals surface area contributed by atoms with Gasteiger partial charge in [0.05, 0.1) is 0 Å². The molecule has 0 spiro atoms. The predicted octanol–water partition coefficient (Wildman–Crippen LogP) is 4.32. The van der Waals surface area contributed by atoms with Gasteiger partial charge in [0.15, 0.2) is 0 Å². The van der Waals surface area contributed by atoms with Crippen molar-refractivity contribution in [1.29, 1.82) is 0 Å². The van der Waals surface area contributed by atoms with Crippen molar-refractivity contribution in [1.82, 2.24) is 0 Å². The highest BCUT2D eigenvalue weighted by atomic mass is 35.5. The van der Waals surface area contributed by atoms with Crippen LogP contribution < -0.4 is 5.73 Å². The van der Waals surface area contributed by atoms with Crippen LogP contribution in [0, 0.1) is 19.8 Å². The van der Waals surface area contributed by atoms with E-state index in [2.05, 4.69) is 44.2 Å². The van der Waals surface area contributed by atoms with Crippen LogP contribution in [-0.2, 0) is 12.8 Å². The van der Waals surface area contributed by atoms with E-state index in [1.165, 1.54) is 22.3 Å². The molecule has 0 saturated carbocycles. The van der Waals surface area contributed by atoms with E-state index in [0.717, 1.165) is 17.9 Å². The minimum atomic E-state index is 0.469. The Morgan fingerprint density at radius 1 is 1.00 bits per heavy atom. The van der Waals surface area contributed by atoms with E-state index >= 15 is 0 Å². The first-order valence-electron chi connectivity index (χ1n) is 7.09. The average Bonchev–Trinajstić information content (AvgIpc) is 2.44. The molecule has 0 heterocycles. The lowest BCUT2D eigenvalue weighted by atomic mass is 9.90. The highest BCUT2D eigenvalue weighted by molar-refractivity contribution is 6.30. The van der Waals surface area contributed by atoms with Gasteiger partial charge in [-0.25, -0.2) is 0 Å². The summed E-state index contributed by atoms with van der Waals surface area (Å²) in [7, 11) is 0. The lowest BCUT2D eigenvalue weighted by molar-refractivity contribution is 0.532. The molecule has 0 amide bonds.